The molecule has 1 rings (SSSR count). The van der Waals surface area contributed by atoms with Gasteiger partial charge < -0.3 is 0 Å². The monoisotopic (exact) mass is 243 g/mol. The molecule has 0 N–H and O–H groups in total. The van der Waals surface area contributed by atoms with Crippen LogP contribution in [0.25, 0.3) is 0 Å². The standard InChI is InChI=1S/C9H7BrClN/c10-4-2-1-3-8-5-9(11)7-12-6-8/h5-7H,2,4H2. The third-order valence-corrected chi connectivity index (χ3v) is 1.76. The highest BCUT2D eigenvalue weighted by Gasteiger charge is 1.88. The van der Waals surface area contributed by atoms with Crippen LogP contribution in [0.1, 0.15) is 12.0 Å². The molecule has 0 unspecified atom stereocenters. The normalized spacial score (nSPS) is 8.83. The van der Waals surface area contributed by atoms with Gasteiger partial charge in [0, 0.05) is 29.7 Å². The first-order chi connectivity index (χ1) is 5.83. The van der Waals surface area contributed by atoms with Gasteiger partial charge in [-0.1, -0.05) is 39.4 Å². The summed E-state index contributed by atoms with van der Waals surface area (Å²) in [5.41, 5.74) is 0.864. The molecule has 0 amide bonds. The zero-order chi connectivity index (χ0) is 8.81. The third kappa shape index (κ3) is 3.25. The molecule has 0 aliphatic rings. The molecule has 0 spiro atoms. The van der Waals surface area contributed by atoms with Crippen molar-refractivity contribution in [3.8, 4) is 11.8 Å². The lowest BCUT2D eigenvalue weighted by Gasteiger charge is -1.89. The second-order valence-electron chi connectivity index (χ2n) is 2.13. The Balaban J connectivity index is 2.71. The maximum atomic E-state index is 5.72. The van der Waals surface area contributed by atoms with Crippen LogP contribution in [-0.2, 0) is 0 Å². The fourth-order valence-electron chi connectivity index (χ4n) is 0.692. The molecule has 0 bridgehead atoms. The smallest absolute Gasteiger partial charge is 0.0601 e. The Morgan fingerprint density at radius 2 is 2.33 bits per heavy atom. The highest BCUT2D eigenvalue weighted by Crippen LogP contribution is 2.06. The van der Waals surface area contributed by atoms with E-state index in [4.69, 9.17) is 11.6 Å². The van der Waals surface area contributed by atoms with Gasteiger partial charge >= 0.3 is 0 Å². The maximum absolute atomic E-state index is 5.72. The molecule has 62 valence electrons. The van der Waals surface area contributed by atoms with Crippen molar-refractivity contribution in [2.45, 2.75) is 6.42 Å². The summed E-state index contributed by atoms with van der Waals surface area (Å²) >= 11 is 9.01. The Hall–Kier alpha value is -0.520. The van der Waals surface area contributed by atoms with Crippen LogP contribution in [0.4, 0.5) is 0 Å². The molecule has 0 saturated carbocycles. The van der Waals surface area contributed by atoms with Crippen molar-refractivity contribution in [3.05, 3.63) is 29.0 Å². The minimum Gasteiger partial charge on any atom is -0.262 e. The van der Waals surface area contributed by atoms with E-state index in [1.165, 1.54) is 0 Å². The summed E-state index contributed by atoms with van der Waals surface area (Å²) in [6.07, 6.45) is 4.14. The van der Waals surface area contributed by atoms with Crippen LogP contribution in [-0.4, -0.2) is 10.3 Å². The van der Waals surface area contributed by atoms with E-state index in [1.807, 2.05) is 0 Å². The van der Waals surface area contributed by atoms with Gasteiger partial charge in [-0.25, -0.2) is 0 Å². The number of nitrogens with zero attached hydrogens (tertiary/aromatic N) is 1. The van der Waals surface area contributed by atoms with Crippen molar-refractivity contribution >= 4 is 27.5 Å². The van der Waals surface area contributed by atoms with Crippen LogP contribution in [0.3, 0.4) is 0 Å². The minimum atomic E-state index is 0.626. The van der Waals surface area contributed by atoms with Crippen molar-refractivity contribution < 1.29 is 0 Å². The first kappa shape index (κ1) is 9.57. The molecule has 0 radical (unpaired) electrons. The van der Waals surface area contributed by atoms with Gasteiger partial charge in [0.1, 0.15) is 0 Å². The summed E-state index contributed by atoms with van der Waals surface area (Å²) in [7, 11) is 0. The Morgan fingerprint density at radius 3 is 3.00 bits per heavy atom. The predicted molar refractivity (Wildman–Crippen MR) is 54.5 cm³/mol. The van der Waals surface area contributed by atoms with Crippen molar-refractivity contribution in [2.24, 2.45) is 0 Å². The first-order valence-electron chi connectivity index (χ1n) is 3.48. The summed E-state index contributed by atoms with van der Waals surface area (Å²) in [6.45, 7) is 0. The van der Waals surface area contributed by atoms with Crippen molar-refractivity contribution in [1.82, 2.24) is 4.98 Å². The first-order valence-corrected chi connectivity index (χ1v) is 4.98. The quantitative estimate of drug-likeness (QED) is 0.547. The van der Waals surface area contributed by atoms with Crippen molar-refractivity contribution in [3.63, 3.8) is 0 Å². The Bertz CT molecular complexity index is 314. The van der Waals surface area contributed by atoms with E-state index in [0.29, 0.717) is 5.02 Å². The number of hydrogen-bond donors (Lipinski definition) is 0. The van der Waals surface area contributed by atoms with Crippen molar-refractivity contribution in [1.29, 1.82) is 0 Å². The fourth-order valence-corrected chi connectivity index (χ4v) is 1.06. The predicted octanol–water partition coefficient (Wildman–Crippen LogP) is 2.87. The largest absolute Gasteiger partial charge is 0.262 e. The number of pyridine rings is 1. The van der Waals surface area contributed by atoms with Crippen LogP contribution < -0.4 is 0 Å². The van der Waals surface area contributed by atoms with Gasteiger partial charge in [0.15, 0.2) is 0 Å². The number of rotatable bonds is 1. The molecule has 12 heavy (non-hydrogen) atoms. The average molecular weight is 245 g/mol. The second-order valence-corrected chi connectivity index (χ2v) is 3.36. The maximum Gasteiger partial charge on any atom is 0.0601 e. The van der Waals surface area contributed by atoms with Gasteiger partial charge in [0.2, 0.25) is 0 Å². The van der Waals surface area contributed by atoms with Gasteiger partial charge in [-0.05, 0) is 6.07 Å². The number of hydrogen-bond acceptors (Lipinski definition) is 1. The van der Waals surface area contributed by atoms with E-state index in [0.717, 1.165) is 17.3 Å². The zero-order valence-electron chi connectivity index (χ0n) is 6.35. The van der Waals surface area contributed by atoms with Gasteiger partial charge in [0.05, 0.1) is 5.02 Å². The number of halogens is 2. The molecule has 0 aromatic carbocycles. The third-order valence-electron chi connectivity index (χ3n) is 1.16. The molecular formula is C9H7BrClN. The van der Waals surface area contributed by atoms with E-state index in [9.17, 15) is 0 Å². The average Bonchev–Trinajstić information content (AvgIpc) is 2.05. The fraction of sp³-hybridized carbons (Fsp3) is 0.222. The minimum absolute atomic E-state index is 0.626. The molecule has 1 nitrogen and oxygen atoms in total. The van der Waals surface area contributed by atoms with Gasteiger partial charge in [0.25, 0.3) is 0 Å². The van der Waals surface area contributed by atoms with Crippen LogP contribution in [0.5, 0.6) is 0 Å². The molecule has 0 saturated heterocycles. The lowest BCUT2D eigenvalue weighted by molar-refractivity contribution is 1.30. The van der Waals surface area contributed by atoms with Gasteiger partial charge in [-0.2, -0.15) is 0 Å². The number of aromatic nitrogens is 1. The Kier molecular flexibility index (Phi) is 4.13. The summed E-state index contributed by atoms with van der Waals surface area (Å²) in [4.78, 5) is 3.92. The molecule has 0 aliphatic carbocycles. The highest BCUT2D eigenvalue weighted by atomic mass is 79.9. The summed E-state index contributed by atoms with van der Waals surface area (Å²) in [5.74, 6) is 5.94. The van der Waals surface area contributed by atoms with Crippen LogP contribution in [0, 0.1) is 11.8 Å². The van der Waals surface area contributed by atoms with E-state index in [1.54, 1.807) is 18.5 Å². The second kappa shape index (κ2) is 5.18. The lowest BCUT2D eigenvalue weighted by atomic mass is 10.3. The topological polar surface area (TPSA) is 12.9 Å². The molecular weight excluding hydrogens is 237 g/mol. The van der Waals surface area contributed by atoms with Gasteiger partial charge in [-0.3, -0.25) is 4.98 Å². The molecule has 3 heteroatoms. The molecule has 1 aromatic rings. The Labute approximate surface area is 85.3 Å². The zero-order valence-corrected chi connectivity index (χ0v) is 8.69. The van der Waals surface area contributed by atoms with E-state index < -0.39 is 0 Å². The molecule has 1 aromatic heterocycles. The summed E-state index contributed by atoms with van der Waals surface area (Å²) in [5, 5.41) is 1.52. The SMILES string of the molecule is Clc1cncc(C#CCCBr)c1. The van der Waals surface area contributed by atoms with E-state index in [2.05, 4.69) is 32.8 Å². The molecule has 0 aliphatic heterocycles. The summed E-state index contributed by atoms with van der Waals surface area (Å²) in [6, 6.07) is 1.80. The molecule has 0 atom stereocenters. The van der Waals surface area contributed by atoms with Crippen molar-refractivity contribution in [2.75, 3.05) is 5.33 Å². The highest BCUT2D eigenvalue weighted by molar-refractivity contribution is 9.09. The van der Waals surface area contributed by atoms with E-state index in [-0.39, 0.29) is 0 Å². The van der Waals surface area contributed by atoms with Gasteiger partial charge in [-0.15, -0.1) is 0 Å². The summed E-state index contributed by atoms with van der Waals surface area (Å²) < 4.78 is 0. The number of alkyl halides is 1. The van der Waals surface area contributed by atoms with Crippen LogP contribution >= 0.6 is 27.5 Å². The Morgan fingerprint density at radius 1 is 1.50 bits per heavy atom. The molecule has 0 fully saturated rings. The van der Waals surface area contributed by atoms with Crippen LogP contribution in [0.2, 0.25) is 5.02 Å². The molecule has 1 heterocycles. The lowest BCUT2D eigenvalue weighted by Crippen LogP contribution is -1.77. The van der Waals surface area contributed by atoms with Crippen LogP contribution in [0.15, 0.2) is 18.5 Å². The van der Waals surface area contributed by atoms with E-state index >= 15 is 0 Å².